The number of carbonyl (C=O) groups excluding carboxylic acids is 2. The van der Waals surface area contributed by atoms with E-state index >= 15 is 0 Å². The Morgan fingerprint density at radius 1 is 1.41 bits per heavy atom. The van der Waals surface area contributed by atoms with Gasteiger partial charge in [0.2, 0.25) is 5.91 Å². The van der Waals surface area contributed by atoms with Gasteiger partial charge in [-0.2, -0.15) is 0 Å². The Balaban J connectivity index is 1.49. The van der Waals surface area contributed by atoms with Crippen LogP contribution < -0.4 is 5.32 Å². The number of amides is 2. The minimum absolute atomic E-state index is 0.123. The number of rotatable bonds is 7. The predicted molar refractivity (Wildman–Crippen MR) is 101 cm³/mol. The van der Waals surface area contributed by atoms with Crippen molar-refractivity contribution in [1.29, 1.82) is 0 Å². The van der Waals surface area contributed by atoms with Gasteiger partial charge in [-0.3, -0.25) is 9.59 Å². The first-order valence-corrected chi connectivity index (χ1v) is 9.90. The predicted octanol–water partition coefficient (Wildman–Crippen LogP) is 2.97. The number of nitrogens with zero attached hydrogens (tertiary/aromatic N) is 3. The molecule has 1 saturated heterocycles. The van der Waals surface area contributed by atoms with Gasteiger partial charge >= 0.3 is 0 Å². The van der Waals surface area contributed by atoms with Crippen molar-refractivity contribution in [3.63, 3.8) is 0 Å². The van der Waals surface area contributed by atoms with Crippen LogP contribution in [0.3, 0.4) is 0 Å². The smallest absolute Gasteiger partial charge is 0.259 e. The molecule has 0 spiro atoms. The lowest BCUT2D eigenvalue weighted by molar-refractivity contribution is -0.127. The van der Waals surface area contributed by atoms with Gasteiger partial charge in [0, 0.05) is 37.7 Å². The van der Waals surface area contributed by atoms with Gasteiger partial charge < -0.3 is 14.7 Å². The summed E-state index contributed by atoms with van der Waals surface area (Å²) in [6.45, 7) is 6.12. The van der Waals surface area contributed by atoms with Gasteiger partial charge in [-0.25, -0.2) is 4.98 Å². The first-order chi connectivity index (χ1) is 13.0. The summed E-state index contributed by atoms with van der Waals surface area (Å²) in [5.74, 6) is 0.668. The maximum absolute atomic E-state index is 12.9. The zero-order valence-electron chi connectivity index (χ0n) is 16.0. The first kappa shape index (κ1) is 17.9. The molecule has 0 aromatic carbocycles. The van der Waals surface area contributed by atoms with Crippen LogP contribution in [0, 0.1) is 0 Å². The van der Waals surface area contributed by atoms with Crippen molar-refractivity contribution < 1.29 is 14.1 Å². The molecule has 7 nitrogen and oxygen atoms in total. The van der Waals surface area contributed by atoms with Gasteiger partial charge in [0.25, 0.3) is 11.6 Å². The monoisotopic (exact) mass is 370 g/mol. The lowest BCUT2D eigenvalue weighted by Gasteiger charge is -2.15. The number of hydrogen-bond donors (Lipinski definition) is 1. The highest BCUT2D eigenvalue weighted by atomic mass is 16.5. The van der Waals surface area contributed by atoms with Crippen molar-refractivity contribution in [3.05, 3.63) is 23.0 Å². The molecule has 1 aliphatic heterocycles. The Labute approximate surface area is 158 Å². The molecule has 2 aliphatic rings. The van der Waals surface area contributed by atoms with Gasteiger partial charge in [0.05, 0.1) is 16.6 Å². The molecule has 2 amide bonds. The van der Waals surface area contributed by atoms with Crippen LogP contribution >= 0.6 is 0 Å². The van der Waals surface area contributed by atoms with E-state index in [1.54, 1.807) is 0 Å². The maximum Gasteiger partial charge on any atom is 0.259 e. The molecule has 144 valence electrons. The summed E-state index contributed by atoms with van der Waals surface area (Å²) < 4.78 is 5.44. The van der Waals surface area contributed by atoms with Crippen molar-refractivity contribution in [2.75, 3.05) is 19.6 Å². The summed E-state index contributed by atoms with van der Waals surface area (Å²) in [6.07, 6.45) is 4.55. The lowest BCUT2D eigenvalue weighted by Crippen LogP contribution is -2.30. The Hall–Kier alpha value is -2.44. The second-order valence-electron chi connectivity index (χ2n) is 7.87. The molecule has 1 saturated carbocycles. The van der Waals surface area contributed by atoms with Crippen molar-refractivity contribution in [2.45, 2.75) is 57.8 Å². The number of aromatic nitrogens is 2. The van der Waals surface area contributed by atoms with E-state index in [1.165, 1.54) is 0 Å². The molecular formula is C20H26N4O3. The second-order valence-corrected chi connectivity index (χ2v) is 7.87. The zero-order chi connectivity index (χ0) is 19.0. The van der Waals surface area contributed by atoms with Crippen LogP contribution in [0.4, 0.5) is 0 Å². The summed E-state index contributed by atoms with van der Waals surface area (Å²) in [6, 6.07) is 1.91. The van der Waals surface area contributed by atoms with Gasteiger partial charge in [-0.15, -0.1) is 0 Å². The number of fused-ring (bicyclic) bond motifs is 1. The number of carbonyl (C=O) groups is 2. The fourth-order valence-electron chi connectivity index (χ4n) is 3.66. The third kappa shape index (κ3) is 3.68. The minimum Gasteiger partial charge on any atom is -0.352 e. The van der Waals surface area contributed by atoms with Crippen LogP contribution in [-0.2, 0) is 4.79 Å². The number of hydrogen-bond acceptors (Lipinski definition) is 5. The third-order valence-corrected chi connectivity index (χ3v) is 5.34. The van der Waals surface area contributed by atoms with Crippen LogP contribution in [0.5, 0.6) is 0 Å². The number of pyridine rings is 1. The minimum atomic E-state index is -0.123. The summed E-state index contributed by atoms with van der Waals surface area (Å²) in [5, 5.41) is 7.88. The van der Waals surface area contributed by atoms with Crippen LogP contribution in [-0.4, -0.2) is 46.5 Å². The molecule has 2 aromatic heterocycles. The van der Waals surface area contributed by atoms with E-state index in [0.29, 0.717) is 36.7 Å². The molecule has 7 heteroatoms. The zero-order valence-corrected chi connectivity index (χ0v) is 16.0. The molecule has 0 radical (unpaired) electrons. The molecule has 3 heterocycles. The summed E-state index contributed by atoms with van der Waals surface area (Å²) in [5.41, 5.74) is 2.74. The average molecular weight is 370 g/mol. The maximum atomic E-state index is 12.9. The van der Waals surface area contributed by atoms with Crippen LogP contribution in [0.15, 0.2) is 10.6 Å². The topological polar surface area (TPSA) is 88.3 Å². The van der Waals surface area contributed by atoms with Crippen LogP contribution in [0.25, 0.3) is 11.1 Å². The Bertz CT molecular complexity index is 869. The van der Waals surface area contributed by atoms with Crippen LogP contribution in [0.1, 0.15) is 79.5 Å². The van der Waals surface area contributed by atoms with Crippen LogP contribution in [0.2, 0.25) is 0 Å². The van der Waals surface area contributed by atoms with Gasteiger partial charge in [-0.1, -0.05) is 19.0 Å². The number of nitrogens with one attached hydrogen (secondary N) is 1. The fraction of sp³-hybridized carbons (Fsp3) is 0.600. The van der Waals surface area contributed by atoms with E-state index in [2.05, 4.69) is 15.5 Å². The normalized spacial score (nSPS) is 17.3. The highest BCUT2D eigenvalue weighted by Crippen LogP contribution is 2.41. The third-order valence-electron chi connectivity index (χ3n) is 5.34. The van der Waals surface area contributed by atoms with Crippen molar-refractivity contribution in [2.24, 2.45) is 0 Å². The Kier molecular flexibility index (Phi) is 4.85. The Morgan fingerprint density at radius 2 is 2.22 bits per heavy atom. The average Bonchev–Trinajstić information content (AvgIpc) is 3.28. The molecule has 1 aliphatic carbocycles. The summed E-state index contributed by atoms with van der Waals surface area (Å²) in [7, 11) is 0. The molecule has 0 unspecified atom stereocenters. The van der Waals surface area contributed by atoms with E-state index in [4.69, 9.17) is 4.52 Å². The quantitative estimate of drug-likeness (QED) is 0.757. The first-order valence-electron chi connectivity index (χ1n) is 9.90. The van der Waals surface area contributed by atoms with Crippen molar-refractivity contribution in [1.82, 2.24) is 20.4 Å². The summed E-state index contributed by atoms with van der Waals surface area (Å²) >= 11 is 0. The fourth-order valence-corrected chi connectivity index (χ4v) is 3.66. The van der Waals surface area contributed by atoms with E-state index in [1.807, 2.05) is 24.8 Å². The molecule has 27 heavy (non-hydrogen) atoms. The molecule has 1 N–H and O–H groups in total. The molecular weight excluding hydrogens is 344 g/mol. The molecule has 2 aromatic rings. The summed E-state index contributed by atoms with van der Waals surface area (Å²) in [4.78, 5) is 31.0. The van der Waals surface area contributed by atoms with E-state index in [0.717, 1.165) is 49.0 Å². The van der Waals surface area contributed by atoms with E-state index < -0.39 is 0 Å². The highest BCUT2D eigenvalue weighted by Gasteiger charge is 2.29. The lowest BCUT2D eigenvalue weighted by atomic mass is 10.0. The largest absolute Gasteiger partial charge is 0.352 e. The molecule has 0 atom stereocenters. The van der Waals surface area contributed by atoms with Crippen molar-refractivity contribution in [3.8, 4) is 0 Å². The van der Waals surface area contributed by atoms with Gasteiger partial charge in [-0.05, 0) is 37.7 Å². The van der Waals surface area contributed by atoms with Gasteiger partial charge in [0.1, 0.15) is 0 Å². The van der Waals surface area contributed by atoms with Crippen molar-refractivity contribution >= 4 is 22.9 Å². The molecule has 4 rings (SSSR count). The van der Waals surface area contributed by atoms with E-state index in [9.17, 15) is 9.59 Å². The second kappa shape index (κ2) is 7.29. The SMILES string of the molecule is CC(C)c1noc2nc(C3CC3)cc(C(=O)NCCCN3CCCC3=O)c12. The highest BCUT2D eigenvalue weighted by molar-refractivity contribution is 6.06. The standard InChI is InChI=1S/C20H26N4O3/c1-12(2)18-17-14(11-15(13-6-7-13)22-20(17)27-23-18)19(26)21-8-4-10-24-9-3-5-16(24)25/h11-13H,3-10H2,1-2H3,(H,21,26). The molecule has 0 bridgehead atoms. The Morgan fingerprint density at radius 3 is 2.89 bits per heavy atom. The number of likely N-dealkylation sites (tertiary alicyclic amines) is 1. The molecule has 2 fully saturated rings. The van der Waals surface area contributed by atoms with Gasteiger partial charge in [0.15, 0.2) is 0 Å². The van der Waals surface area contributed by atoms with E-state index in [-0.39, 0.29) is 17.7 Å².